The minimum atomic E-state index is 0.594. The molecule has 0 fully saturated rings. The first kappa shape index (κ1) is 37.6. The Balaban J connectivity index is 0.990. The Morgan fingerprint density at radius 2 is 0.727 bits per heavy atom. The lowest BCUT2D eigenvalue weighted by atomic mass is 9.84. The van der Waals surface area contributed by atoms with E-state index in [-0.39, 0.29) is 0 Å². The zero-order valence-electron chi connectivity index (χ0n) is 35.5. The highest BCUT2D eigenvalue weighted by Gasteiger charge is 2.20. The van der Waals surface area contributed by atoms with E-state index in [1.165, 1.54) is 10.8 Å². The van der Waals surface area contributed by atoms with Crippen molar-refractivity contribution < 1.29 is 8.83 Å². The van der Waals surface area contributed by atoms with Crippen molar-refractivity contribution in [1.82, 2.24) is 15.0 Å². The summed E-state index contributed by atoms with van der Waals surface area (Å²) in [6, 6.07) is 78.5. The van der Waals surface area contributed by atoms with Gasteiger partial charge in [0.2, 0.25) is 0 Å². The fourth-order valence-corrected chi connectivity index (χ4v) is 9.54. The quantitative estimate of drug-likeness (QED) is 0.160. The van der Waals surface area contributed by atoms with E-state index < -0.39 is 0 Å². The van der Waals surface area contributed by atoms with E-state index in [4.69, 9.17) is 23.8 Å². The Bertz CT molecular complexity index is 3970. The van der Waals surface area contributed by atoms with Crippen LogP contribution in [-0.4, -0.2) is 15.0 Å². The molecule has 0 amide bonds. The molecular formula is C61H37N3O2. The maximum Gasteiger partial charge on any atom is 0.164 e. The van der Waals surface area contributed by atoms with E-state index in [0.717, 1.165) is 105 Å². The molecule has 0 atom stereocenters. The third kappa shape index (κ3) is 6.44. The summed E-state index contributed by atoms with van der Waals surface area (Å²) in [6.45, 7) is 0. The van der Waals surface area contributed by atoms with Gasteiger partial charge in [0.25, 0.3) is 0 Å². The minimum Gasteiger partial charge on any atom is -0.456 e. The van der Waals surface area contributed by atoms with Crippen LogP contribution in [0.1, 0.15) is 0 Å². The van der Waals surface area contributed by atoms with Crippen molar-refractivity contribution in [2.75, 3.05) is 0 Å². The lowest BCUT2D eigenvalue weighted by Crippen LogP contribution is -2.00. The van der Waals surface area contributed by atoms with Crippen molar-refractivity contribution in [2.24, 2.45) is 0 Å². The molecule has 0 aliphatic rings. The van der Waals surface area contributed by atoms with Gasteiger partial charge in [-0.1, -0.05) is 170 Å². The number of para-hydroxylation sites is 1. The summed E-state index contributed by atoms with van der Waals surface area (Å²) in [5, 5.41) is 6.68. The average molecular weight is 844 g/mol. The molecule has 0 spiro atoms. The number of aromatic nitrogens is 3. The molecule has 308 valence electrons. The van der Waals surface area contributed by atoms with Crippen LogP contribution in [-0.2, 0) is 0 Å². The molecule has 10 aromatic carbocycles. The number of hydrogen-bond acceptors (Lipinski definition) is 5. The standard InChI is InChI=1S/C61H37N3O2/c1-4-14-38(15-5-1)46-36-49(57(41-17-6-2-7-18-41)50(37-46)44-29-31-55-52(34-44)58-47-21-11-10-16-39(47)28-33-56(58)66-55)40-24-26-43(27-25-40)60-62-59(42-19-8-3-9-20-42)63-61(64-60)45-30-32-54-51(35-45)48-22-12-13-23-53(48)65-54/h1-37H. The molecule has 3 heterocycles. The van der Waals surface area contributed by atoms with Gasteiger partial charge in [0, 0.05) is 38.2 Å². The van der Waals surface area contributed by atoms with Crippen molar-refractivity contribution in [2.45, 2.75) is 0 Å². The second-order valence-corrected chi connectivity index (χ2v) is 16.7. The van der Waals surface area contributed by atoms with Crippen LogP contribution in [0.4, 0.5) is 0 Å². The SMILES string of the molecule is c1ccc(-c2cc(-c3ccc(-c4nc(-c5ccccc5)nc(-c5ccc6oc7ccccc7c6c5)n4)cc3)c(-c3ccccc3)c(-c3ccc4oc5ccc6ccccc6c5c4c3)c2)cc1. The van der Waals surface area contributed by atoms with Crippen molar-refractivity contribution in [1.29, 1.82) is 0 Å². The highest BCUT2D eigenvalue weighted by Crippen LogP contribution is 2.45. The molecule has 3 aromatic heterocycles. The lowest BCUT2D eigenvalue weighted by Gasteiger charge is -2.19. The number of rotatable bonds is 7. The van der Waals surface area contributed by atoms with Crippen LogP contribution < -0.4 is 0 Å². The van der Waals surface area contributed by atoms with Gasteiger partial charge in [-0.05, 0) is 110 Å². The van der Waals surface area contributed by atoms with Crippen molar-refractivity contribution >= 4 is 54.6 Å². The normalized spacial score (nSPS) is 11.6. The first-order valence-electron chi connectivity index (χ1n) is 22.2. The number of nitrogens with zero attached hydrogens (tertiary/aromatic N) is 3. The Labute approximate surface area is 379 Å². The van der Waals surface area contributed by atoms with Crippen LogP contribution >= 0.6 is 0 Å². The van der Waals surface area contributed by atoms with Crippen LogP contribution in [0, 0.1) is 0 Å². The third-order valence-corrected chi connectivity index (χ3v) is 12.7. The minimum absolute atomic E-state index is 0.594. The summed E-state index contributed by atoms with van der Waals surface area (Å²) >= 11 is 0. The molecule has 5 heteroatoms. The van der Waals surface area contributed by atoms with Crippen LogP contribution in [0.2, 0.25) is 0 Å². The fraction of sp³-hybridized carbons (Fsp3) is 0. The monoisotopic (exact) mass is 843 g/mol. The summed E-state index contributed by atoms with van der Waals surface area (Å²) in [4.78, 5) is 15.3. The van der Waals surface area contributed by atoms with Gasteiger partial charge in [0.1, 0.15) is 22.3 Å². The first-order chi connectivity index (χ1) is 32.7. The van der Waals surface area contributed by atoms with Gasteiger partial charge in [0.05, 0.1) is 0 Å². The van der Waals surface area contributed by atoms with Crippen molar-refractivity contribution in [3.63, 3.8) is 0 Å². The van der Waals surface area contributed by atoms with Gasteiger partial charge in [-0.25, -0.2) is 15.0 Å². The summed E-state index contributed by atoms with van der Waals surface area (Å²) in [7, 11) is 0. The summed E-state index contributed by atoms with van der Waals surface area (Å²) in [6.07, 6.45) is 0. The topological polar surface area (TPSA) is 65.0 Å². The van der Waals surface area contributed by atoms with Crippen LogP contribution in [0.15, 0.2) is 233 Å². The van der Waals surface area contributed by atoms with Gasteiger partial charge in [-0.2, -0.15) is 0 Å². The molecule has 0 bridgehead atoms. The molecule has 0 saturated heterocycles. The Morgan fingerprint density at radius 1 is 0.258 bits per heavy atom. The largest absolute Gasteiger partial charge is 0.456 e. The maximum atomic E-state index is 6.48. The second kappa shape index (κ2) is 15.4. The zero-order chi connectivity index (χ0) is 43.6. The summed E-state index contributed by atoms with van der Waals surface area (Å²) < 4.78 is 12.6. The molecule has 5 nitrogen and oxygen atoms in total. The number of benzene rings is 10. The first-order valence-corrected chi connectivity index (χ1v) is 22.2. The number of fused-ring (bicyclic) bond motifs is 8. The van der Waals surface area contributed by atoms with Gasteiger partial charge in [-0.15, -0.1) is 0 Å². The average Bonchev–Trinajstić information content (AvgIpc) is 3.97. The Kier molecular flexibility index (Phi) is 8.78. The molecule has 0 aliphatic heterocycles. The van der Waals surface area contributed by atoms with Crippen LogP contribution in [0.5, 0.6) is 0 Å². The van der Waals surface area contributed by atoms with E-state index in [1.807, 2.05) is 60.7 Å². The molecule has 0 aliphatic carbocycles. The zero-order valence-corrected chi connectivity index (χ0v) is 35.5. The highest BCUT2D eigenvalue weighted by molar-refractivity contribution is 6.19. The van der Waals surface area contributed by atoms with E-state index in [0.29, 0.717) is 17.5 Å². The molecule has 0 unspecified atom stereocenters. The summed E-state index contributed by atoms with van der Waals surface area (Å²) in [5.74, 6) is 1.80. The number of furan rings is 2. The molecular weight excluding hydrogens is 807 g/mol. The molecule has 13 rings (SSSR count). The number of hydrogen-bond donors (Lipinski definition) is 0. The maximum absolute atomic E-state index is 6.48. The predicted octanol–water partition coefficient (Wildman–Crippen LogP) is 16.5. The van der Waals surface area contributed by atoms with Crippen LogP contribution in [0.25, 0.3) is 133 Å². The highest BCUT2D eigenvalue weighted by atomic mass is 16.3. The molecule has 0 radical (unpaired) electrons. The van der Waals surface area contributed by atoms with E-state index in [9.17, 15) is 0 Å². The van der Waals surface area contributed by atoms with Gasteiger partial charge < -0.3 is 8.83 Å². The lowest BCUT2D eigenvalue weighted by molar-refractivity contribution is 0.668. The van der Waals surface area contributed by atoms with Gasteiger partial charge in [-0.3, -0.25) is 0 Å². The predicted molar refractivity (Wildman–Crippen MR) is 270 cm³/mol. The van der Waals surface area contributed by atoms with Gasteiger partial charge >= 0.3 is 0 Å². The van der Waals surface area contributed by atoms with Crippen molar-refractivity contribution in [3.8, 4) is 78.7 Å². The van der Waals surface area contributed by atoms with E-state index in [2.05, 4.69) is 164 Å². The molecule has 0 N–H and O–H groups in total. The summed E-state index contributed by atoms with van der Waals surface area (Å²) in [5.41, 5.74) is 15.1. The van der Waals surface area contributed by atoms with Gasteiger partial charge in [0.15, 0.2) is 17.5 Å². The molecule has 66 heavy (non-hydrogen) atoms. The fourth-order valence-electron chi connectivity index (χ4n) is 9.54. The van der Waals surface area contributed by atoms with E-state index in [1.54, 1.807) is 0 Å². The smallest absolute Gasteiger partial charge is 0.164 e. The molecule has 0 saturated carbocycles. The van der Waals surface area contributed by atoms with Crippen molar-refractivity contribution in [3.05, 3.63) is 224 Å². The third-order valence-electron chi connectivity index (χ3n) is 12.7. The van der Waals surface area contributed by atoms with E-state index >= 15 is 0 Å². The van der Waals surface area contributed by atoms with Crippen LogP contribution in [0.3, 0.4) is 0 Å². The second-order valence-electron chi connectivity index (χ2n) is 16.7. The Hall–Kier alpha value is -8.93. The Morgan fingerprint density at radius 3 is 1.45 bits per heavy atom. The molecule has 13 aromatic rings.